The van der Waals surface area contributed by atoms with Crippen LogP contribution in [0.25, 0.3) is 11.3 Å². The Balaban J connectivity index is 1.28. The molecule has 45 heavy (non-hydrogen) atoms. The largest absolute Gasteiger partial charge is 0.343 e. The summed E-state index contributed by atoms with van der Waals surface area (Å²) in [7, 11) is 5.49. The van der Waals surface area contributed by atoms with Gasteiger partial charge >= 0.3 is 0 Å². The first-order valence-corrected chi connectivity index (χ1v) is 15.3. The highest BCUT2D eigenvalue weighted by atomic mass is 16.2. The molecular formula is C36H40N6O3. The molecule has 9 heteroatoms. The van der Waals surface area contributed by atoms with Gasteiger partial charge in [-0.05, 0) is 65.9 Å². The standard InChI is InChI=1S/C36H40N6O3/c1-22-27(9-8-10-30(22)42-20-24-19-25(36(2,3)4)13-16-28(24)33(42)43)29-21-41(7)35(45)32(38-29)37-26-14-11-23(12-15-26)31-34(44)40(6)18-17-39(31)5/h8-16,19,21,31H,17-18,20H2,1-7H3,(H,37,38). The second-order valence-electron chi connectivity index (χ2n) is 13.2. The SMILES string of the molecule is Cc1c(-c2cn(C)c(=O)c(Nc3ccc(C4C(=O)N(C)CCN4C)cc3)n2)cccc1N1Cc2cc(C(C)(C)C)ccc2C1=O. The van der Waals surface area contributed by atoms with Gasteiger partial charge in [0, 0.05) is 55.9 Å². The molecule has 2 aliphatic heterocycles. The molecule has 3 aromatic carbocycles. The number of rotatable bonds is 5. The summed E-state index contributed by atoms with van der Waals surface area (Å²) in [6.07, 6.45) is 1.72. The average Bonchev–Trinajstić information content (AvgIpc) is 3.33. The number of anilines is 3. The number of carbonyl (C=O) groups is 2. The third kappa shape index (κ3) is 5.53. The summed E-state index contributed by atoms with van der Waals surface area (Å²) in [5.74, 6) is 0.245. The molecule has 1 saturated heterocycles. The summed E-state index contributed by atoms with van der Waals surface area (Å²) in [6.45, 7) is 10.5. The molecule has 2 amide bonds. The molecule has 1 unspecified atom stereocenters. The summed E-state index contributed by atoms with van der Waals surface area (Å²) in [5.41, 5.74) is 7.46. The second kappa shape index (κ2) is 11.3. The van der Waals surface area contributed by atoms with Crippen LogP contribution in [-0.2, 0) is 23.8 Å². The minimum Gasteiger partial charge on any atom is -0.343 e. The Hall–Kier alpha value is -4.76. The van der Waals surface area contributed by atoms with Crippen molar-refractivity contribution in [1.82, 2.24) is 19.4 Å². The molecular weight excluding hydrogens is 564 g/mol. The van der Waals surface area contributed by atoms with Gasteiger partial charge in [0.1, 0.15) is 6.04 Å². The third-order valence-corrected chi connectivity index (χ3v) is 9.05. The molecule has 9 nitrogen and oxygen atoms in total. The van der Waals surface area contributed by atoms with Crippen LogP contribution in [-0.4, -0.2) is 58.4 Å². The lowest BCUT2D eigenvalue weighted by Crippen LogP contribution is -2.48. The number of fused-ring (bicyclic) bond motifs is 1. The normalized spacial score (nSPS) is 17.2. The van der Waals surface area contributed by atoms with Crippen molar-refractivity contribution in [2.24, 2.45) is 7.05 Å². The Morgan fingerprint density at radius 1 is 0.889 bits per heavy atom. The number of nitrogens with one attached hydrogen (secondary N) is 1. The van der Waals surface area contributed by atoms with E-state index in [1.54, 1.807) is 18.1 Å². The van der Waals surface area contributed by atoms with Crippen LogP contribution in [0.5, 0.6) is 0 Å². The van der Waals surface area contributed by atoms with Gasteiger partial charge < -0.3 is 19.7 Å². The van der Waals surface area contributed by atoms with Crippen LogP contribution >= 0.6 is 0 Å². The van der Waals surface area contributed by atoms with Gasteiger partial charge in [-0.1, -0.05) is 57.2 Å². The van der Waals surface area contributed by atoms with Gasteiger partial charge in [0.05, 0.1) is 12.2 Å². The number of aromatic nitrogens is 2. The van der Waals surface area contributed by atoms with Crippen molar-refractivity contribution >= 4 is 29.0 Å². The fourth-order valence-electron chi connectivity index (χ4n) is 6.22. The van der Waals surface area contributed by atoms with Crippen LogP contribution in [0.4, 0.5) is 17.2 Å². The first-order valence-electron chi connectivity index (χ1n) is 15.3. The minimum atomic E-state index is -0.335. The van der Waals surface area contributed by atoms with E-state index in [9.17, 15) is 14.4 Å². The molecule has 1 atom stereocenters. The molecule has 2 aliphatic rings. The van der Waals surface area contributed by atoms with E-state index in [0.717, 1.165) is 40.0 Å². The molecule has 1 aromatic heterocycles. The second-order valence-corrected chi connectivity index (χ2v) is 13.2. The van der Waals surface area contributed by atoms with E-state index in [1.807, 2.05) is 80.5 Å². The zero-order chi connectivity index (χ0) is 32.2. The summed E-state index contributed by atoms with van der Waals surface area (Å²) in [6, 6.07) is 19.2. The lowest BCUT2D eigenvalue weighted by molar-refractivity contribution is -0.139. The van der Waals surface area contributed by atoms with E-state index >= 15 is 0 Å². The lowest BCUT2D eigenvalue weighted by atomic mass is 9.85. The van der Waals surface area contributed by atoms with E-state index in [2.05, 4.69) is 37.1 Å². The molecule has 3 heterocycles. The number of nitrogens with zero attached hydrogens (tertiary/aromatic N) is 5. The molecule has 1 fully saturated rings. The highest BCUT2D eigenvalue weighted by molar-refractivity contribution is 6.10. The van der Waals surface area contributed by atoms with Crippen LogP contribution in [0.2, 0.25) is 0 Å². The first kappa shape index (κ1) is 30.3. The van der Waals surface area contributed by atoms with E-state index in [1.165, 1.54) is 10.1 Å². The summed E-state index contributed by atoms with van der Waals surface area (Å²) >= 11 is 0. The molecule has 1 N–H and O–H groups in total. The molecule has 4 aromatic rings. The Labute approximate surface area is 264 Å². The monoisotopic (exact) mass is 604 g/mol. The lowest BCUT2D eigenvalue weighted by Gasteiger charge is -2.37. The topological polar surface area (TPSA) is 90.8 Å². The molecule has 232 valence electrons. The number of likely N-dealkylation sites (N-methyl/N-ethyl adjacent to an activating group) is 2. The van der Waals surface area contributed by atoms with Crippen molar-refractivity contribution in [1.29, 1.82) is 0 Å². The van der Waals surface area contributed by atoms with E-state index in [-0.39, 0.29) is 34.6 Å². The number of hydrogen-bond donors (Lipinski definition) is 1. The number of hydrogen-bond acceptors (Lipinski definition) is 6. The van der Waals surface area contributed by atoms with Crippen molar-refractivity contribution in [2.75, 3.05) is 37.4 Å². The number of aryl methyl sites for hydroxylation is 1. The summed E-state index contributed by atoms with van der Waals surface area (Å²) in [4.78, 5) is 49.9. The fourth-order valence-corrected chi connectivity index (χ4v) is 6.22. The van der Waals surface area contributed by atoms with Crippen molar-refractivity contribution in [3.63, 3.8) is 0 Å². The van der Waals surface area contributed by atoms with Crippen LogP contribution in [0, 0.1) is 6.92 Å². The van der Waals surface area contributed by atoms with E-state index < -0.39 is 0 Å². The van der Waals surface area contributed by atoms with Crippen LogP contribution in [0.1, 0.15) is 59.4 Å². The van der Waals surface area contributed by atoms with Gasteiger partial charge in [-0.15, -0.1) is 0 Å². The number of benzene rings is 3. The van der Waals surface area contributed by atoms with Crippen molar-refractivity contribution in [3.8, 4) is 11.3 Å². The maximum atomic E-state index is 13.5. The van der Waals surface area contributed by atoms with E-state index in [0.29, 0.717) is 24.5 Å². The predicted octanol–water partition coefficient (Wildman–Crippen LogP) is 5.40. The van der Waals surface area contributed by atoms with Gasteiger partial charge in [-0.25, -0.2) is 4.98 Å². The maximum Gasteiger partial charge on any atom is 0.293 e. The number of carbonyl (C=O) groups excluding carboxylic acids is 2. The van der Waals surface area contributed by atoms with Gasteiger partial charge in [-0.2, -0.15) is 0 Å². The first-order chi connectivity index (χ1) is 21.3. The van der Waals surface area contributed by atoms with Crippen molar-refractivity contribution in [3.05, 3.63) is 105 Å². The highest BCUT2D eigenvalue weighted by Crippen LogP contribution is 2.36. The fraction of sp³-hybridized carbons (Fsp3) is 0.333. The number of amides is 2. The molecule has 0 spiro atoms. The Bertz CT molecular complexity index is 1870. The molecule has 6 rings (SSSR count). The Morgan fingerprint density at radius 2 is 1.62 bits per heavy atom. The summed E-state index contributed by atoms with van der Waals surface area (Å²) in [5, 5.41) is 3.19. The molecule has 0 radical (unpaired) electrons. The van der Waals surface area contributed by atoms with E-state index in [4.69, 9.17) is 4.98 Å². The third-order valence-electron chi connectivity index (χ3n) is 9.05. The quantitative estimate of drug-likeness (QED) is 0.328. The zero-order valence-corrected chi connectivity index (χ0v) is 27.0. The van der Waals surface area contributed by atoms with Crippen LogP contribution < -0.4 is 15.8 Å². The maximum absolute atomic E-state index is 13.5. The van der Waals surface area contributed by atoms with Crippen molar-refractivity contribution in [2.45, 2.75) is 45.7 Å². The van der Waals surface area contributed by atoms with Crippen LogP contribution in [0.15, 0.2) is 71.7 Å². The number of piperazine rings is 1. The van der Waals surface area contributed by atoms with Crippen LogP contribution in [0.3, 0.4) is 0 Å². The zero-order valence-electron chi connectivity index (χ0n) is 27.0. The Kier molecular flexibility index (Phi) is 7.61. The smallest absolute Gasteiger partial charge is 0.293 e. The molecule has 0 aliphatic carbocycles. The van der Waals surface area contributed by atoms with Gasteiger partial charge in [0.15, 0.2) is 5.82 Å². The van der Waals surface area contributed by atoms with Crippen molar-refractivity contribution < 1.29 is 9.59 Å². The summed E-state index contributed by atoms with van der Waals surface area (Å²) < 4.78 is 1.52. The predicted molar refractivity (Wildman–Crippen MR) is 178 cm³/mol. The molecule has 0 saturated carbocycles. The minimum absolute atomic E-state index is 0.00773. The molecule has 0 bridgehead atoms. The van der Waals surface area contributed by atoms with Gasteiger partial charge in [0.2, 0.25) is 5.91 Å². The Morgan fingerprint density at radius 3 is 2.33 bits per heavy atom. The van der Waals surface area contributed by atoms with Gasteiger partial charge in [-0.3, -0.25) is 19.3 Å². The van der Waals surface area contributed by atoms with Gasteiger partial charge in [0.25, 0.3) is 11.5 Å². The average molecular weight is 605 g/mol. The highest BCUT2D eigenvalue weighted by Gasteiger charge is 2.33.